The van der Waals surface area contributed by atoms with Crippen LogP contribution < -0.4 is 14.9 Å². The van der Waals surface area contributed by atoms with Gasteiger partial charge in [0.15, 0.2) is 0 Å². The third kappa shape index (κ3) is 3.99. The fourth-order valence-corrected chi connectivity index (χ4v) is 4.19. The number of hydrogen-bond acceptors (Lipinski definition) is 5. The molecular formula is C24H28N5O3+. The van der Waals surface area contributed by atoms with Crippen molar-refractivity contribution < 1.29 is 19.8 Å². The molecule has 0 atom stereocenters. The molecule has 4 rings (SSSR count). The highest BCUT2D eigenvalue weighted by Gasteiger charge is 2.32. The lowest BCUT2D eigenvalue weighted by atomic mass is 9.83. The average molecular weight is 435 g/mol. The Morgan fingerprint density at radius 3 is 2.72 bits per heavy atom. The predicted molar refractivity (Wildman–Crippen MR) is 122 cm³/mol. The summed E-state index contributed by atoms with van der Waals surface area (Å²) in [6, 6.07) is 9.00. The van der Waals surface area contributed by atoms with E-state index in [9.17, 15) is 15.1 Å². The maximum absolute atomic E-state index is 12.9. The highest BCUT2D eigenvalue weighted by atomic mass is 16.5. The molecule has 2 heterocycles. The number of aromatic nitrogens is 3. The van der Waals surface area contributed by atoms with Gasteiger partial charge in [0.05, 0.1) is 22.9 Å². The topological polar surface area (TPSA) is 94.5 Å². The molecule has 1 saturated carbocycles. The number of carbonyl (C=O) groups is 1. The van der Waals surface area contributed by atoms with Crippen molar-refractivity contribution in [1.82, 2.24) is 9.78 Å². The molecule has 1 fully saturated rings. The van der Waals surface area contributed by atoms with E-state index in [-0.39, 0.29) is 11.7 Å². The second-order valence-corrected chi connectivity index (χ2v) is 8.66. The molecule has 0 aliphatic heterocycles. The van der Waals surface area contributed by atoms with Gasteiger partial charge in [0.25, 0.3) is 0 Å². The van der Waals surface area contributed by atoms with Gasteiger partial charge in [-0.25, -0.2) is 0 Å². The molecule has 32 heavy (non-hydrogen) atoms. The van der Waals surface area contributed by atoms with Crippen LogP contribution in [0.2, 0.25) is 0 Å². The number of aliphatic hydroxyl groups is 1. The number of fused-ring (bicyclic) bond motifs is 1. The van der Waals surface area contributed by atoms with Crippen molar-refractivity contribution in [3.8, 4) is 12.3 Å². The monoisotopic (exact) mass is 434 g/mol. The number of terminal acetylenes is 1. The summed E-state index contributed by atoms with van der Waals surface area (Å²) in [6.07, 6.45) is 10.0. The lowest BCUT2D eigenvalue weighted by molar-refractivity contribution is -0.909. The molecule has 0 bridgehead atoms. The van der Waals surface area contributed by atoms with Crippen molar-refractivity contribution in [2.24, 2.45) is 0 Å². The van der Waals surface area contributed by atoms with E-state index >= 15 is 0 Å². The third-order valence-corrected chi connectivity index (χ3v) is 6.18. The molecule has 0 saturated heterocycles. The van der Waals surface area contributed by atoms with Gasteiger partial charge in [-0.1, -0.05) is 5.92 Å². The summed E-state index contributed by atoms with van der Waals surface area (Å²) in [6.45, 7) is 1.72. The van der Waals surface area contributed by atoms with Gasteiger partial charge in [-0.3, -0.25) is 14.7 Å². The van der Waals surface area contributed by atoms with Gasteiger partial charge in [-0.15, -0.1) is 6.42 Å². The van der Waals surface area contributed by atoms with E-state index < -0.39 is 11.5 Å². The van der Waals surface area contributed by atoms with E-state index in [1.807, 2.05) is 42.0 Å². The van der Waals surface area contributed by atoms with Crippen LogP contribution in [0.15, 0.2) is 36.5 Å². The molecule has 3 N–H and O–H groups in total. The minimum Gasteiger partial charge on any atom is -0.378 e. The smallest absolute Gasteiger partial charge is 0.325 e. The molecule has 3 aromatic rings. The number of nitrogens with zero attached hydrogens (tertiary/aromatic N) is 4. The molecule has 1 aliphatic rings. The van der Waals surface area contributed by atoms with Crippen molar-refractivity contribution in [3.63, 3.8) is 0 Å². The summed E-state index contributed by atoms with van der Waals surface area (Å²) in [5.74, 6) is 2.10. The van der Waals surface area contributed by atoms with Crippen molar-refractivity contribution >= 4 is 28.2 Å². The van der Waals surface area contributed by atoms with Crippen LogP contribution in [-0.2, 0) is 0 Å². The maximum Gasteiger partial charge on any atom is 0.325 e. The molecule has 8 nitrogen and oxygen atoms in total. The Labute approximate surface area is 187 Å². The van der Waals surface area contributed by atoms with E-state index in [0.29, 0.717) is 24.2 Å². The van der Waals surface area contributed by atoms with Crippen molar-refractivity contribution in [3.05, 3.63) is 47.9 Å². The van der Waals surface area contributed by atoms with E-state index in [2.05, 4.69) is 11.2 Å². The first-order valence-corrected chi connectivity index (χ1v) is 10.6. The number of nitrogens with one attached hydrogen (secondary N) is 1. The van der Waals surface area contributed by atoms with Crippen LogP contribution in [0.25, 0.3) is 10.9 Å². The first-order chi connectivity index (χ1) is 15.2. The van der Waals surface area contributed by atoms with Crippen LogP contribution >= 0.6 is 0 Å². The van der Waals surface area contributed by atoms with Crippen molar-refractivity contribution in [2.75, 3.05) is 24.3 Å². The Morgan fingerprint density at radius 2 is 2.06 bits per heavy atom. The second kappa shape index (κ2) is 8.17. The lowest BCUT2D eigenvalue weighted by Gasteiger charge is -2.32. The van der Waals surface area contributed by atoms with Crippen LogP contribution in [-0.4, -0.2) is 45.7 Å². The van der Waals surface area contributed by atoms with Crippen molar-refractivity contribution in [2.45, 2.75) is 44.2 Å². The van der Waals surface area contributed by atoms with E-state index in [0.717, 1.165) is 34.2 Å². The zero-order chi connectivity index (χ0) is 23.0. The number of anilines is 2. The van der Waals surface area contributed by atoms with Gasteiger partial charge in [0, 0.05) is 49.5 Å². The normalized spacial score (nSPS) is 20.7. The number of pyridine rings is 1. The molecular weight excluding hydrogens is 406 g/mol. The third-order valence-electron chi connectivity index (χ3n) is 6.18. The second-order valence-electron chi connectivity index (χ2n) is 8.66. The molecule has 1 amide bonds. The highest BCUT2D eigenvalue weighted by Crippen LogP contribution is 2.36. The molecule has 1 aliphatic carbocycles. The molecule has 8 heteroatoms. The van der Waals surface area contributed by atoms with Crippen LogP contribution in [0.5, 0.6) is 0 Å². The first kappa shape index (κ1) is 21.7. The number of rotatable bonds is 4. The van der Waals surface area contributed by atoms with Crippen LogP contribution in [0.4, 0.5) is 11.4 Å². The summed E-state index contributed by atoms with van der Waals surface area (Å²) in [7, 11) is 3.79. The molecule has 166 valence electrons. The Morgan fingerprint density at radius 1 is 1.34 bits per heavy atom. The zero-order valence-corrected chi connectivity index (χ0v) is 18.5. The summed E-state index contributed by atoms with van der Waals surface area (Å²) < 4.78 is 2.82. The Kier molecular flexibility index (Phi) is 5.53. The standard InChI is InChI=1S/C24H27N5O3/c1-5-24(31)11-9-18(10-12-24)28-15-17-13-20(22(27(3)4)14-19(17)26-28)25-23(30)21-8-6-7-16(2)29(21)32/h1,6-8,13-15,18,31H,9-12H2,2-4H3,(H-,25,30,32)/p+1/t18-,24-. The van der Waals surface area contributed by atoms with Gasteiger partial charge >= 0.3 is 11.6 Å². The molecule has 0 spiro atoms. The van der Waals surface area contributed by atoms with Crippen LogP contribution in [0.1, 0.15) is 47.9 Å². The Balaban J connectivity index is 1.65. The summed E-state index contributed by atoms with van der Waals surface area (Å²) >= 11 is 0. The SMILES string of the molecule is C#C[C@]1(O)CC[C@H](n2cc3cc(NC(=O)c4cccc(C)[n+]4O)c(N(C)C)cc3n2)CC1. The molecule has 1 aromatic carbocycles. The minimum atomic E-state index is -1.02. The summed E-state index contributed by atoms with van der Waals surface area (Å²) in [5, 5.41) is 29.1. The van der Waals surface area contributed by atoms with E-state index in [1.54, 1.807) is 25.1 Å². The Bertz CT molecular complexity index is 1220. The zero-order valence-electron chi connectivity index (χ0n) is 18.5. The van der Waals surface area contributed by atoms with Crippen molar-refractivity contribution in [1.29, 1.82) is 0 Å². The van der Waals surface area contributed by atoms with Crippen LogP contribution in [0.3, 0.4) is 0 Å². The highest BCUT2D eigenvalue weighted by molar-refractivity contribution is 6.05. The van der Waals surface area contributed by atoms with E-state index in [4.69, 9.17) is 11.5 Å². The molecule has 0 unspecified atom stereocenters. The van der Waals surface area contributed by atoms with E-state index in [1.165, 1.54) is 0 Å². The fraction of sp³-hybridized carbons (Fsp3) is 0.375. The first-order valence-electron chi connectivity index (χ1n) is 10.6. The predicted octanol–water partition coefficient (Wildman–Crippen LogP) is 2.67. The maximum atomic E-state index is 12.9. The quantitative estimate of drug-likeness (QED) is 0.333. The molecule has 0 radical (unpaired) electrons. The largest absolute Gasteiger partial charge is 0.378 e. The molecule has 2 aromatic heterocycles. The number of aryl methyl sites for hydroxylation is 1. The summed E-state index contributed by atoms with van der Waals surface area (Å²) in [4.78, 5) is 14.8. The average Bonchev–Trinajstić information content (AvgIpc) is 3.18. The number of hydrogen-bond donors (Lipinski definition) is 3. The van der Waals surface area contributed by atoms with Gasteiger partial charge in [-0.2, -0.15) is 5.10 Å². The summed E-state index contributed by atoms with van der Waals surface area (Å²) in [5.41, 5.74) is 1.94. The van der Waals surface area contributed by atoms with Crippen LogP contribution in [0, 0.1) is 19.3 Å². The van der Waals surface area contributed by atoms with Gasteiger partial charge < -0.3 is 15.3 Å². The number of amides is 1. The Hall–Kier alpha value is -3.57. The number of benzene rings is 1. The minimum absolute atomic E-state index is 0.147. The van der Waals surface area contributed by atoms with Gasteiger partial charge in [-0.05, 0) is 43.9 Å². The van der Waals surface area contributed by atoms with Gasteiger partial charge in [0.1, 0.15) is 5.60 Å². The number of carbonyl (C=O) groups excluding carboxylic acids is 1. The lowest BCUT2D eigenvalue weighted by Crippen LogP contribution is -2.42. The van der Waals surface area contributed by atoms with Gasteiger partial charge in [0.2, 0.25) is 5.69 Å². The fourth-order valence-electron chi connectivity index (χ4n) is 4.19.